The summed E-state index contributed by atoms with van der Waals surface area (Å²) >= 11 is 11.1. The molecule has 4 nitrogen and oxygen atoms in total. The average Bonchev–Trinajstić information content (AvgIpc) is 2.45. The van der Waals surface area contributed by atoms with Crippen LogP contribution >= 0.6 is 23.8 Å². The predicted molar refractivity (Wildman–Crippen MR) is 84.1 cm³/mol. The Kier molecular flexibility index (Phi) is 4.65. The fourth-order valence-corrected chi connectivity index (χ4v) is 1.95. The molecule has 2 rings (SSSR count). The molecule has 1 aromatic carbocycles. The van der Waals surface area contributed by atoms with Crippen molar-refractivity contribution < 1.29 is 4.79 Å². The molecule has 0 unspecified atom stereocenters. The van der Waals surface area contributed by atoms with Crippen LogP contribution in [0, 0.1) is 6.92 Å². The van der Waals surface area contributed by atoms with Crippen molar-refractivity contribution in [2.24, 2.45) is 0 Å². The van der Waals surface area contributed by atoms with Gasteiger partial charge in [0, 0.05) is 23.1 Å². The van der Waals surface area contributed by atoms with Crippen LogP contribution in [0.3, 0.4) is 0 Å². The van der Waals surface area contributed by atoms with Crippen molar-refractivity contribution >= 4 is 40.5 Å². The summed E-state index contributed by atoms with van der Waals surface area (Å²) in [4.78, 5) is 15.8. The summed E-state index contributed by atoms with van der Waals surface area (Å²) < 4.78 is 0. The lowest BCUT2D eigenvalue weighted by molar-refractivity contribution is 0.0977. The molecule has 0 saturated carbocycles. The molecule has 0 spiro atoms. The molecule has 0 radical (unpaired) electrons. The smallest absolute Gasteiger partial charge is 0.258 e. The van der Waals surface area contributed by atoms with Crippen molar-refractivity contribution in [2.45, 2.75) is 6.92 Å². The number of carbonyl (C=O) groups excluding carboxylic acids is 1. The van der Waals surface area contributed by atoms with E-state index < -0.39 is 0 Å². The lowest BCUT2D eigenvalue weighted by atomic mass is 10.2. The van der Waals surface area contributed by atoms with Gasteiger partial charge in [0.1, 0.15) is 0 Å². The first-order valence-corrected chi connectivity index (χ1v) is 6.64. The number of hydrogen-bond acceptors (Lipinski definition) is 3. The molecule has 0 saturated heterocycles. The molecule has 1 aromatic heterocycles. The van der Waals surface area contributed by atoms with Crippen LogP contribution in [0.25, 0.3) is 0 Å². The normalized spacial score (nSPS) is 9.90. The summed E-state index contributed by atoms with van der Waals surface area (Å²) in [6.45, 7) is 1.87. The summed E-state index contributed by atoms with van der Waals surface area (Å²) in [7, 11) is 0. The second-order valence-corrected chi connectivity index (χ2v) is 4.88. The highest BCUT2D eigenvalue weighted by Gasteiger charge is 2.09. The molecule has 0 aliphatic carbocycles. The van der Waals surface area contributed by atoms with E-state index in [1.165, 1.54) is 6.20 Å². The van der Waals surface area contributed by atoms with Crippen molar-refractivity contribution in [1.82, 2.24) is 10.3 Å². The Morgan fingerprint density at radius 1 is 1.30 bits per heavy atom. The zero-order chi connectivity index (χ0) is 14.5. The maximum atomic E-state index is 11.9. The van der Waals surface area contributed by atoms with Crippen LogP contribution < -0.4 is 10.6 Å². The number of amides is 1. The van der Waals surface area contributed by atoms with Gasteiger partial charge in [-0.3, -0.25) is 15.1 Å². The first-order chi connectivity index (χ1) is 9.58. The van der Waals surface area contributed by atoms with Gasteiger partial charge in [0.05, 0.1) is 5.56 Å². The number of hydrogen-bond donors (Lipinski definition) is 2. The number of carbonyl (C=O) groups is 1. The van der Waals surface area contributed by atoms with Crippen LogP contribution in [-0.2, 0) is 0 Å². The minimum Gasteiger partial charge on any atom is -0.332 e. The molecule has 20 heavy (non-hydrogen) atoms. The van der Waals surface area contributed by atoms with E-state index in [2.05, 4.69) is 15.6 Å². The van der Waals surface area contributed by atoms with Gasteiger partial charge in [-0.15, -0.1) is 0 Å². The summed E-state index contributed by atoms with van der Waals surface area (Å²) in [5.41, 5.74) is 2.07. The van der Waals surface area contributed by atoms with Crippen molar-refractivity contribution in [3.63, 3.8) is 0 Å². The quantitative estimate of drug-likeness (QED) is 0.837. The van der Waals surface area contributed by atoms with E-state index in [-0.39, 0.29) is 11.0 Å². The summed E-state index contributed by atoms with van der Waals surface area (Å²) in [5, 5.41) is 6.38. The van der Waals surface area contributed by atoms with Gasteiger partial charge in [0.2, 0.25) is 0 Å². The van der Waals surface area contributed by atoms with Gasteiger partial charge < -0.3 is 5.32 Å². The Bertz CT molecular complexity index is 646. The predicted octanol–water partition coefficient (Wildman–Crippen LogP) is 3.17. The fourth-order valence-electron chi connectivity index (χ4n) is 1.57. The lowest BCUT2D eigenvalue weighted by Crippen LogP contribution is -2.34. The van der Waals surface area contributed by atoms with E-state index in [1.807, 2.05) is 19.1 Å². The van der Waals surface area contributed by atoms with Crippen LogP contribution in [0.2, 0.25) is 5.02 Å². The highest BCUT2D eigenvalue weighted by atomic mass is 35.5. The van der Waals surface area contributed by atoms with Crippen LogP contribution in [0.15, 0.2) is 42.7 Å². The van der Waals surface area contributed by atoms with Gasteiger partial charge in [-0.05, 0) is 49.0 Å². The third kappa shape index (κ3) is 3.53. The molecule has 102 valence electrons. The van der Waals surface area contributed by atoms with Crippen LogP contribution in [0.1, 0.15) is 15.9 Å². The van der Waals surface area contributed by atoms with Gasteiger partial charge in [0.25, 0.3) is 5.91 Å². The minimum atomic E-state index is -0.310. The number of nitrogens with one attached hydrogen (secondary N) is 2. The van der Waals surface area contributed by atoms with Crippen molar-refractivity contribution in [3.05, 3.63) is 58.9 Å². The van der Waals surface area contributed by atoms with Crippen LogP contribution in [0.5, 0.6) is 0 Å². The molecule has 0 fully saturated rings. The summed E-state index contributed by atoms with van der Waals surface area (Å²) in [6.07, 6.45) is 3.07. The number of aromatic nitrogens is 1. The molecule has 2 aromatic rings. The first-order valence-electron chi connectivity index (χ1n) is 5.85. The van der Waals surface area contributed by atoms with E-state index in [4.69, 9.17) is 23.8 Å². The minimum absolute atomic E-state index is 0.212. The highest BCUT2D eigenvalue weighted by molar-refractivity contribution is 7.80. The zero-order valence-corrected chi connectivity index (χ0v) is 12.3. The summed E-state index contributed by atoms with van der Waals surface area (Å²) in [6, 6.07) is 8.79. The number of anilines is 1. The molecule has 2 N–H and O–H groups in total. The molecule has 0 aliphatic rings. The van der Waals surface area contributed by atoms with E-state index >= 15 is 0 Å². The number of rotatable bonds is 2. The fraction of sp³-hybridized carbons (Fsp3) is 0.0714. The van der Waals surface area contributed by atoms with Gasteiger partial charge in [-0.1, -0.05) is 17.7 Å². The van der Waals surface area contributed by atoms with Crippen LogP contribution in [0.4, 0.5) is 5.69 Å². The molecule has 0 aliphatic heterocycles. The SMILES string of the molecule is Cc1c(Cl)cccc1NC(=S)NC(=O)c1cccnc1. The first kappa shape index (κ1) is 14.4. The van der Waals surface area contributed by atoms with E-state index in [9.17, 15) is 4.79 Å². The monoisotopic (exact) mass is 305 g/mol. The van der Waals surface area contributed by atoms with Gasteiger partial charge in [0.15, 0.2) is 5.11 Å². The zero-order valence-electron chi connectivity index (χ0n) is 10.7. The average molecular weight is 306 g/mol. The number of thiocarbonyl (C=S) groups is 1. The van der Waals surface area contributed by atoms with E-state index in [0.29, 0.717) is 10.6 Å². The molecule has 1 heterocycles. The summed E-state index contributed by atoms with van der Waals surface area (Å²) in [5.74, 6) is -0.310. The Labute approximate surface area is 127 Å². The Balaban J connectivity index is 2.03. The van der Waals surface area contributed by atoms with Gasteiger partial charge in [-0.25, -0.2) is 0 Å². The van der Waals surface area contributed by atoms with Crippen LogP contribution in [-0.4, -0.2) is 16.0 Å². The van der Waals surface area contributed by atoms with E-state index in [1.54, 1.807) is 24.4 Å². The molecular formula is C14H12ClN3OS. The third-order valence-electron chi connectivity index (χ3n) is 2.67. The number of nitrogens with zero attached hydrogens (tertiary/aromatic N) is 1. The molecule has 0 bridgehead atoms. The third-order valence-corrected chi connectivity index (χ3v) is 3.28. The van der Waals surface area contributed by atoms with E-state index in [0.717, 1.165) is 11.3 Å². The Hall–Kier alpha value is -1.98. The largest absolute Gasteiger partial charge is 0.332 e. The second kappa shape index (κ2) is 6.45. The number of pyridine rings is 1. The molecular weight excluding hydrogens is 294 g/mol. The van der Waals surface area contributed by atoms with Crippen molar-refractivity contribution in [1.29, 1.82) is 0 Å². The maximum Gasteiger partial charge on any atom is 0.258 e. The van der Waals surface area contributed by atoms with Crippen molar-refractivity contribution in [3.8, 4) is 0 Å². The lowest BCUT2D eigenvalue weighted by Gasteiger charge is -2.12. The second-order valence-electron chi connectivity index (χ2n) is 4.06. The maximum absolute atomic E-state index is 11.9. The van der Waals surface area contributed by atoms with Gasteiger partial charge in [-0.2, -0.15) is 0 Å². The standard InChI is InChI=1S/C14H12ClN3OS/c1-9-11(15)5-2-6-12(9)17-14(20)18-13(19)10-4-3-7-16-8-10/h2-8H,1H3,(H2,17,18,19,20). The van der Waals surface area contributed by atoms with Crippen molar-refractivity contribution in [2.75, 3.05) is 5.32 Å². The number of benzene rings is 1. The topological polar surface area (TPSA) is 54.0 Å². The molecule has 1 amide bonds. The highest BCUT2D eigenvalue weighted by Crippen LogP contribution is 2.22. The Morgan fingerprint density at radius 2 is 2.10 bits per heavy atom. The Morgan fingerprint density at radius 3 is 2.80 bits per heavy atom. The van der Waals surface area contributed by atoms with Gasteiger partial charge >= 0.3 is 0 Å². The molecule has 6 heteroatoms. The molecule has 0 atom stereocenters. The number of halogens is 1.